The van der Waals surface area contributed by atoms with E-state index in [1.807, 2.05) is 18.0 Å². The lowest BCUT2D eigenvalue weighted by Gasteiger charge is -2.26. The molecule has 2 N–H and O–H groups in total. The lowest BCUT2D eigenvalue weighted by atomic mass is 9.98. The molecule has 0 spiro atoms. The number of H-pyrrole nitrogens is 1. The number of fused-ring (bicyclic) bond motifs is 1. The van der Waals surface area contributed by atoms with Crippen molar-refractivity contribution in [3.8, 4) is 0 Å². The van der Waals surface area contributed by atoms with Gasteiger partial charge >= 0.3 is 0 Å². The monoisotopic (exact) mass is 363 g/mol. The average Bonchev–Trinajstić information content (AvgIpc) is 3.25. The molecule has 0 bridgehead atoms. The largest absolute Gasteiger partial charge is 0.390 e. The number of aromatic nitrogens is 2. The number of aromatic amines is 1. The molecular formula is C18H25N3O3S. The van der Waals surface area contributed by atoms with E-state index in [0.29, 0.717) is 12.5 Å². The van der Waals surface area contributed by atoms with Crippen molar-refractivity contribution in [2.24, 2.45) is 0 Å². The van der Waals surface area contributed by atoms with Crippen LogP contribution in [0.3, 0.4) is 0 Å². The number of aliphatic hydroxyl groups excluding tert-OH is 1. The average molecular weight is 363 g/mol. The highest BCUT2D eigenvalue weighted by atomic mass is 32.2. The molecule has 0 unspecified atom stereocenters. The van der Waals surface area contributed by atoms with Crippen LogP contribution in [0.5, 0.6) is 0 Å². The van der Waals surface area contributed by atoms with Crippen LogP contribution >= 0.6 is 0 Å². The summed E-state index contributed by atoms with van der Waals surface area (Å²) in [6.45, 7) is 0.620. The van der Waals surface area contributed by atoms with Crippen molar-refractivity contribution in [1.29, 1.82) is 0 Å². The Balaban J connectivity index is 1.67. The number of nitrogens with one attached hydrogen (secondary N) is 1. The van der Waals surface area contributed by atoms with E-state index in [9.17, 15) is 13.5 Å². The number of nitrogens with zero attached hydrogens (tertiary/aromatic N) is 2. The summed E-state index contributed by atoms with van der Waals surface area (Å²) in [5.74, 6) is 0.423. The molecule has 2 aliphatic rings. The van der Waals surface area contributed by atoms with Crippen LogP contribution < -0.4 is 0 Å². The minimum absolute atomic E-state index is 0.0318. The van der Waals surface area contributed by atoms with Gasteiger partial charge in [0.2, 0.25) is 0 Å². The van der Waals surface area contributed by atoms with Gasteiger partial charge in [0, 0.05) is 23.8 Å². The second-order valence-corrected chi connectivity index (χ2v) is 9.68. The zero-order valence-electron chi connectivity index (χ0n) is 14.5. The van der Waals surface area contributed by atoms with Crippen LogP contribution in [0.1, 0.15) is 42.9 Å². The summed E-state index contributed by atoms with van der Waals surface area (Å²) in [5.41, 5.74) is 3.34. The molecule has 6 nitrogen and oxygen atoms in total. The van der Waals surface area contributed by atoms with E-state index in [2.05, 4.69) is 16.0 Å². The first-order chi connectivity index (χ1) is 11.9. The van der Waals surface area contributed by atoms with Gasteiger partial charge in [-0.2, -0.15) is 0 Å². The Morgan fingerprint density at radius 3 is 2.76 bits per heavy atom. The smallest absolute Gasteiger partial charge is 0.154 e. The van der Waals surface area contributed by atoms with Crippen molar-refractivity contribution in [3.05, 3.63) is 29.6 Å². The minimum atomic E-state index is -3.15. The SMILES string of the molecule is CN(Cc1c(C2CCCC2)[nH]c2ncccc12)[C@H]1CS(=O)(=O)C[C@H]1O. The van der Waals surface area contributed by atoms with Crippen molar-refractivity contribution >= 4 is 20.9 Å². The molecular weight excluding hydrogens is 338 g/mol. The summed E-state index contributed by atoms with van der Waals surface area (Å²) in [7, 11) is -1.24. The molecule has 0 aromatic carbocycles. The molecule has 1 saturated carbocycles. The molecule has 1 saturated heterocycles. The van der Waals surface area contributed by atoms with Crippen molar-refractivity contribution in [1.82, 2.24) is 14.9 Å². The number of sulfone groups is 1. The second kappa shape index (κ2) is 6.37. The second-order valence-electron chi connectivity index (χ2n) is 7.52. The Kier molecular flexibility index (Phi) is 4.33. The third-order valence-electron chi connectivity index (χ3n) is 5.74. The molecule has 0 amide bonds. The molecule has 7 heteroatoms. The molecule has 0 radical (unpaired) electrons. The summed E-state index contributed by atoms with van der Waals surface area (Å²) < 4.78 is 23.7. The lowest BCUT2D eigenvalue weighted by Crippen LogP contribution is -2.40. The van der Waals surface area contributed by atoms with Gasteiger partial charge in [0.15, 0.2) is 9.84 Å². The first kappa shape index (κ1) is 17.0. The molecule has 2 fully saturated rings. The Hall–Kier alpha value is -1.44. The quantitative estimate of drug-likeness (QED) is 0.865. The maximum absolute atomic E-state index is 11.8. The van der Waals surface area contributed by atoms with E-state index in [-0.39, 0.29) is 17.5 Å². The van der Waals surface area contributed by atoms with Gasteiger partial charge in [0.1, 0.15) is 5.65 Å². The van der Waals surface area contributed by atoms with E-state index < -0.39 is 15.9 Å². The summed E-state index contributed by atoms with van der Waals surface area (Å²) >= 11 is 0. The number of aliphatic hydroxyl groups is 1. The summed E-state index contributed by atoms with van der Waals surface area (Å²) in [4.78, 5) is 9.96. The third kappa shape index (κ3) is 3.20. The highest BCUT2D eigenvalue weighted by molar-refractivity contribution is 7.91. The van der Waals surface area contributed by atoms with Gasteiger partial charge < -0.3 is 10.1 Å². The normalized spacial score (nSPS) is 26.8. The molecule has 2 aromatic rings. The molecule has 4 rings (SSSR count). The number of hydrogen-bond acceptors (Lipinski definition) is 5. The van der Waals surface area contributed by atoms with E-state index in [1.165, 1.54) is 36.9 Å². The molecule has 2 aromatic heterocycles. The maximum atomic E-state index is 11.8. The highest BCUT2D eigenvalue weighted by Gasteiger charge is 2.39. The Labute approximate surface area is 148 Å². The van der Waals surface area contributed by atoms with Gasteiger partial charge in [0.25, 0.3) is 0 Å². The summed E-state index contributed by atoms with van der Waals surface area (Å²) in [5, 5.41) is 11.3. The molecule has 3 heterocycles. The highest BCUT2D eigenvalue weighted by Crippen LogP contribution is 2.38. The third-order valence-corrected chi connectivity index (χ3v) is 7.44. The zero-order chi connectivity index (χ0) is 17.6. The fourth-order valence-electron chi connectivity index (χ4n) is 4.43. The van der Waals surface area contributed by atoms with Crippen LogP contribution in [0.2, 0.25) is 0 Å². The molecule has 25 heavy (non-hydrogen) atoms. The standard InChI is InChI=1S/C18H25N3O3S/c1-21(15-10-25(23,24)11-16(15)22)9-14-13-7-4-8-19-18(13)20-17(14)12-5-2-3-6-12/h4,7-8,12,15-16,22H,2-3,5-6,9-11H2,1H3,(H,19,20)/t15-,16+/m0/s1. The lowest BCUT2D eigenvalue weighted by molar-refractivity contribution is 0.0958. The molecule has 1 aliphatic heterocycles. The minimum Gasteiger partial charge on any atom is -0.390 e. The van der Waals surface area contributed by atoms with Gasteiger partial charge in [-0.05, 0) is 43.5 Å². The van der Waals surface area contributed by atoms with Gasteiger partial charge in [-0.25, -0.2) is 13.4 Å². The topological polar surface area (TPSA) is 86.3 Å². The fourth-order valence-corrected chi connectivity index (χ4v) is 6.30. The van der Waals surface area contributed by atoms with Crippen molar-refractivity contribution in [2.45, 2.75) is 50.3 Å². The van der Waals surface area contributed by atoms with Gasteiger partial charge in [-0.3, -0.25) is 4.90 Å². The van der Waals surface area contributed by atoms with Gasteiger partial charge in [0.05, 0.1) is 23.7 Å². The first-order valence-corrected chi connectivity index (χ1v) is 10.8. The predicted molar refractivity (Wildman–Crippen MR) is 97.2 cm³/mol. The number of pyridine rings is 1. The zero-order valence-corrected chi connectivity index (χ0v) is 15.3. The molecule has 1 aliphatic carbocycles. The first-order valence-electron chi connectivity index (χ1n) is 8.99. The van der Waals surface area contributed by atoms with Crippen LogP contribution in [0, 0.1) is 0 Å². The number of hydrogen-bond donors (Lipinski definition) is 2. The van der Waals surface area contributed by atoms with E-state index >= 15 is 0 Å². The molecule has 136 valence electrons. The van der Waals surface area contributed by atoms with E-state index in [0.717, 1.165) is 11.0 Å². The van der Waals surface area contributed by atoms with Crippen LogP contribution in [0.25, 0.3) is 11.0 Å². The molecule has 2 atom stereocenters. The number of likely N-dealkylation sites (N-methyl/N-ethyl adjacent to an activating group) is 1. The van der Waals surface area contributed by atoms with Crippen LogP contribution in [-0.2, 0) is 16.4 Å². The maximum Gasteiger partial charge on any atom is 0.154 e. The van der Waals surface area contributed by atoms with Crippen molar-refractivity contribution < 1.29 is 13.5 Å². The van der Waals surface area contributed by atoms with Gasteiger partial charge in [-0.1, -0.05) is 12.8 Å². The fraction of sp³-hybridized carbons (Fsp3) is 0.611. The Morgan fingerprint density at radius 2 is 2.08 bits per heavy atom. The number of rotatable bonds is 4. The van der Waals surface area contributed by atoms with Crippen LogP contribution in [0.15, 0.2) is 18.3 Å². The Morgan fingerprint density at radius 1 is 1.32 bits per heavy atom. The predicted octanol–water partition coefficient (Wildman–Crippen LogP) is 1.81. The van der Waals surface area contributed by atoms with Crippen molar-refractivity contribution in [2.75, 3.05) is 18.6 Å². The van der Waals surface area contributed by atoms with Crippen LogP contribution in [-0.4, -0.2) is 59.1 Å². The van der Waals surface area contributed by atoms with Gasteiger partial charge in [-0.15, -0.1) is 0 Å². The Bertz CT molecular complexity index is 871. The van der Waals surface area contributed by atoms with E-state index in [1.54, 1.807) is 6.20 Å². The summed E-state index contributed by atoms with van der Waals surface area (Å²) in [6.07, 6.45) is 5.85. The van der Waals surface area contributed by atoms with Crippen LogP contribution in [0.4, 0.5) is 0 Å². The summed E-state index contributed by atoms with van der Waals surface area (Å²) in [6, 6.07) is 3.66. The van der Waals surface area contributed by atoms with E-state index in [4.69, 9.17) is 0 Å². The van der Waals surface area contributed by atoms with Crippen molar-refractivity contribution in [3.63, 3.8) is 0 Å².